The molecule has 16 atom stereocenters. The molecule has 1 aromatic rings. The quantitative estimate of drug-likeness (QED) is 0.0673. The van der Waals surface area contributed by atoms with Gasteiger partial charge in [-0.05, 0) is 110 Å². The molecule has 0 aromatic heterocycles. The van der Waals surface area contributed by atoms with Crippen molar-refractivity contribution in [1.82, 2.24) is 10.7 Å². The van der Waals surface area contributed by atoms with E-state index in [1.807, 2.05) is 30.3 Å². The number of benzene rings is 1. The van der Waals surface area contributed by atoms with E-state index < -0.39 is 54.3 Å². The van der Waals surface area contributed by atoms with Crippen LogP contribution in [0.1, 0.15) is 112 Å². The summed E-state index contributed by atoms with van der Waals surface area (Å²) in [5.41, 5.74) is 5.41. The number of nitrogens with zero attached hydrogens (tertiary/aromatic N) is 1. The van der Waals surface area contributed by atoms with E-state index in [-0.39, 0.29) is 34.8 Å². The number of hydrazone groups is 1. The van der Waals surface area contributed by atoms with E-state index in [1.165, 1.54) is 45.6 Å². The summed E-state index contributed by atoms with van der Waals surface area (Å²) < 4.78 is 44.0. The van der Waals surface area contributed by atoms with Crippen LogP contribution in [0.2, 0.25) is 0 Å². The van der Waals surface area contributed by atoms with Gasteiger partial charge in [-0.15, -0.1) is 0 Å². The summed E-state index contributed by atoms with van der Waals surface area (Å²) in [6.45, 7) is 14.1. The first-order chi connectivity index (χ1) is 29.1. The number of allylic oxidation sites excluding steroid dienone is 1. The van der Waals surface area contributed by atoms with Crippen molar-refractivity contribution in [3.8, 4) is 0 Å². The third-order valence-electron chi connectivity index (χ3n) is 15.8. The minimum atomic E-state index is -1.15. The van der Waals surface area contributed by atoms with Gasteiger partial charge in [0, 0.05) is 33.1 Å². The lowest BCUT2D eigenvalue weighted by Crippen LogP contribution is -2.67. The summed E-state index contributed by atoms with van der Waals surface area (Å²) in [5.74, 6) is 1.11. The molecule has 0 radical (unpaired) electrons. The molecule has 8 rings (SSSR count). The average molecular weight is 864 g/mol. The van der Waals surface area contributed by atoms with E-state index in [2.05, 4.69) is 49.6 Å². The number of thiocarbonyl (C=S) groups is 1. The maximum Gasteiger partial charge on any atom is 0.303 e. The van der Waals surface area contributed by atoms with Crippen LogP contribution in [0.3, 0.4) is 0 Å². The molecule has 13 nitrogen and oxygen atoms in total. The molecule has 14 heteroatoms. The molecule has 0 amide bonds. The number of ether oxygens (including phenoxy) is 7. The predicted molar refractivity (Wildman–Crippen MR) is 230 cm³/mol. The number of hydrogen-bond donors (Lipinski definition) is 2. The van der Waals surface area contributed by atoms with E-state index >= 15 is 0 Å². The summed E-state index contributed by atoms with van der Waals surface area (Å²) in [4.78, 5) is 37.1. The zero-order valence-corrected chi connectivity index (χ0v) is 37.6. The first-order valence-corrected chi connectivity index (χ1v) is 23.0. The molecule has 61 heavy (non-hydrogen) atoms. The maximum absolute atomic E-state index is 12.7. The van der Waals surface area contributed by atoms with Crippen LogP contribution in [0.5, 0.6) is 0 Å². The molecule has 3 saturated heterocycles. The van der Waals surface area contributed by atoms with Crippen molar-refractivity contribution in [3.05, 3.63) is 47.5 Å². The first kappa shape index (κ1) is 44.2. The second-order valence-electron chi connectivity index (χ2n) is 19.6. The van der Waals surface area contributed by atoms with Crippen LogP contribution >= 0.6 is 12.2 Å². The highest BCUT2D eigenvalue weighted by molar-refractivity contribution is 7.80. The van der Waals surface area contributed by atoms with Gasteiger partial charge < -0.3 is 38.5 Å². The fourth-order valence-corrected chi connectivity index (χ4v) is 13.2. The molecule has 7 aliphatic rings. The molecule has 0 unspecified atom stereocenters. The number of carbonyl (C=O) groups is 3. The second-order valence-corrected chi connectivity index (χ2v) is 20.0. The van der Waals surface area contributed by atoms with E-state index in [1.54, 1.807) is 6.21 Å². The number of carbonyl (C=O) groups excluding carboxylic acids is 3. The fourth-order valence-electron chi connectivity index (χ4n) is 13.0. The molecule has 0 bridgehead atoms. The minimum absolute atomic E-state index is 0.0456. The summed E-state index contributed by atoms with van der Waals surface area (Å²) in [6.07, 6.45) is 9.07. The van der Waals surface area contributed by atoms with Crippen LogP contribution in [0.15, 0.2) is 47.1 Å². The minimum Gasteiger partial charge on any atom is -0.463 e. The van der Waals surface area contributed by atoms with Crippen LogP contribution in [-0.4, -0.2) is 91.1 Å². The molecule has 3 aliphatic heterocycles. The van der Waals surface area contributed by atoms with Gasteiger partial charge >= 0.3 is 17.9 Å². The van der Waals surface area contributed by atoms with Crippen LogP contribution < -0.4 is 10.7 Å². The van der Waals surface area contributed by atoms with Gasteiger partial charge in [0.25, 0.3) is 0 Å². The summed E-state index contributed by atoms with van der Waals surface area (Å²) in [7, 11) is 0. The molecule has 334 valence electrons. The highest BCUT2D eigenvalue weighted by Crippen LogP contribution is 2.70. The predicted octanol–water partition coefficient (Wildman–Crippen LogP) is 6.76. The first-order valence-electron chi connectivity index (χ1n) is 22.5. The highest BCUT2D eigenvalue weighted by atomic mass is 32.1. The zero-order valence-electron chi connectivity index (χ0n) is 36.8. The van der Waals surface area contributed by atoms with E-state index in [9.17, 15) is 14.4 Å². The van der Waals surface area contributed by atoms with Crippen molar-refractivity contribution in [2.75, 3.05) is 13.2 Å². The Kier molecular flexibility index (Phi) is 12.8. The van der Waals surface area contributed by atoms with Crippen LogP contribution in [0.25, 0.3) is 0 Å². The lowest BCUT2D eigenvalue weighted by molar-refractivity contribution is -0.288. The molecule has 1 aromatic carbocycles. The van der Waals surface area contributed by atoms with Gasteiger partial charge in [-0.1, -0.05) is 69.7 Å². The van der Waals surface area contributed by atoms with Gasteiger partial charge in [0.05, 0.1) is 25.0 Å². The van der Waals surface area contributed by atoms with Gasteiger partial charge in [-0.2, -0.15) is 5.10 Å². The number of esters is 3. The molecule has 4 aliphatic carbocycles. The van der Waals surface area contributed by atoms with Gasteiger partial charge in [0.1, 0.15) is 18.8 Å². The summed E-state index contributed by atoms with van der Waals surface area (Å²) in [6, 6.07) is 8.60. The number of nitrogens with one attached hydrogen (secondary N) is 2. The third kappa shape index (κ3) is 8.65. The van der Waals surface area contributed by atoms with Crippen molar-refractivity contribution in [3.63, 3.8) is 0 Å². The monoisotopic (exact) mass is 863 g/mol. The lowest BCUT2D eigenvalue weighted by atomic mass is 9.47. The van der Waals surface area contributed by atoms with Crippen LogP contribution in [-0.2, 0) is 47.5 Å². The molecule has 3 heterocycles. The number of rotatable bonds is 9. The largest absolute Gasteiger partial charge is 0.463 e. The van der Waals surface area contributed by atoms with E-state index in [4.69, 9.17) is 45.4 Å². The Bertz CT molecular complexity index is 1870. The number of fused-ring (bicyclic) bond motifs is 7. The molecular weight excluding hydrogens is 799 g/mol. The normalized spacial score (nSPS) is 42.6. The Hall–Kier alpha value is -3.43. The van der Waals surface area contributed by atoms with Crippen LogP contribution in [0, 0.1) is 46.3 Å². The van der Waals surface area contributed by atoms with Crippen molar-refractivity contribution < 1.29 is 47.5 Å². The SMILES string of the molecule is CC(=O)OC[C@H]1O[C@@H](O[C@H]2CC[C@@]3(C)C(=CC[C@H]4[C@@H]5C[C@@H]6O[C@]7(CC[C@@H](C)CO7)[C@@H](C)[C@@H]6[C@@]5(C)CC[C@@H]43)C2)[C@H](NC(=S)N/N=C/c2ccccc2)[C@@H](OC(C)=O)[C@@H]1OC(C)=O. The lowest BCUT2D eigenvalue weighted by Gasteiger charge is -2.58. The Morgan fingerprint density at radius 3 is 2.41 bits per heavy atom. The van der Waals surface area contributed by atoms with Crippen molar-refractivity contribution in [2.45, 2.75) is 155 Å². The fraction of sp³-hybridized carbons (Fsp3) is 0.723. The van der Waals surface area contributed by atoms with E-state index in [0.29, 0.717) is 35.5 Å². The number of hydrogen-bond acceptors (Lipinski definition) is 12. The smallest absolute Gasteiger partial charge is 0.303 e. The topological polar surface area (TPSA) is 152 Å². The molecule has 3 saturated carbocycles. The zero-order chi connectivity index (χ0) is 43.3. The Morgan fingerprint density at radius 1 is 0.951 bits per heavy atom. The van der Waals surface area contributed by atoms with Gasteiger partial charge in [0.2, 0.25) is 0 Å². The highest BCUT2D eigenvalue weighted by Gasteiger charge is 2.68. The maximum atomic E-state index is 12.7. The standard InChI is InChI=1S/C47H65N3O10S/c1-26-15-20-47(55-24-26)27(2)39-37(60-47)22-36-34-14-13-32-21-33(16-18-45(32,6)35(34)17-19-46(36,39)7)58-43-40(49-44(61)50-48-23-31-11-9-8-10-12-31)42(57-30(5)53)41(56-29(4)52)38(59-43)25-54-28(3)51/h8-13,23,26-27,33-43H,14-22,24-25H2,1-7H3,(H2,49,50,61)/b48-23+/t26-,27+,33+,34-,35+,36+,37+,38-,39+,40-,41-,42-,43-,45+,46+,47-/m1/s1. The van der Waals surface area contributed by atoms with Crippen molar-refractivity contribution in [1.29, 1.82) is 0 Å². The molecule has 2 N–H and O–H groups in total. The van der Waals surface area contributed by atoms with Crippen molar-refractivity contribution >= 4 is 41.5 Å². The Balaban J connectivity index is 1.00. The summed E-state index contributed by atoms with van der Waals surface area (Å²) >= 11 is 5.68. The Morgan fingerprint density at radius 2 is 1.70 bits per heavy atom. The van der Waals surface area contributed by atoms with Gasteiger partial charge in [-0.3, -0.25) is 19.8 Å². The molecular formula is C47H65N3O10S. The van der Waals surface area contributed by atoms with E-state index in [0.717, 1.165) is 50.7 Å². The third-order valence-corrected chi connectivity index (χ3v) is 16.0. The van der Waals surface area contributed by atoms with Crippen LogP contribution in [0.4, 0.5) is 0 Å². The second kappa shape index (κ2) is 17.6. The molecule has 1 spiro atoms. The van der Waals surface area contributed by atoms with Gasteiger partial charge in [0.15, 0.2) is 29.4 Å². The average Bonchev–Trinajstić information content (AvgIpc) is 3.66. The summed E-state index contributed by atoms with van der Waals surface area (Å²) in [5, 5.41) is 7.60. The van der Waals surface area contributed by atoms with Crippen molar-refractivity contribution in [2.24, 2.45) is 51.4 Å². The van der Waals surface area contributed by atoms with Gasteiger partial charge in [-0.25, -0.2) is 0 Å². The molecule has 6 fully saturated rings. The Labute approximate surface area is 365 Å².